The maximum absolute atomic E-state index is 13.2. The summed E-state index contributed by atoms with van der Waals surface area (Å²) in [6.07, 6.45) is 4.37. The fourth-order valence-corrected chi connectivity index (χ4v) is 5.65. The highest BCUT2D eigenvalue weighted by atomic mass is 16.5. The molecular formula is C25H34O5. The largest absolute Gasteiger partial charge is 0.504 e. The number of hydrogen-bond acceptors (Lipinski definition) is 5. The average molecular weight is 415 g/mol. The molecule has 1 saturated carbocycles. The zero-order valence-corrected chi connectivity index (χ0v) is 19.0. The van der Waals surface area contributed by atoms with Crippen LogP contribution in [0.25, 0.3) is 0 Å². The molecule has 0 aliphatic heterocycles. The van der Waals surface area contributed by atoms with Crippen molar-refractivity contribution in [3.63, 3.8) is 0 Å². The molecule has 2 aliphatic carbocycles. The van der Waals surface area contributed by atoms with E-state index in [0.29, 0.717) is 23.1 Å². The molecule has 0 heterocycles. The maximum Gasteiger partial charge on any atom is 0.330 e. The first-order valence-electron chi connectivity index (χ1n) is 10.8. The Morgan fingerprint density at radius 3 is 2.50 bits per heavy atom. The molecule has 0 radical (unpaired) electrons. The van der Waals surface area contributed by atoms with Crippen molar-refractivity contribution in [3.05, 3.63) is 34.4 Å². The van der Waals surface area contributed by atoms with Crippen LogP contribution in [-0.2, 0) is 14.9 Å². The van der Waals surface area contributed by atoms with Gasteiger partial charge >= 0.3 is 5.97 Å². The molecule has 164 valence electrons. The quantitative estimate of drug-likeness (QED) is 0.392. The number of fused-ring (bicyclic) bond motifs is 3. The van der Waals surface area contributed by atoms with E-state index in [4.69, 9.17) is 4.74 Å². The molecule has 0 amide bonds. The number of rotatable bonds is 4. The van der Waals surface area contributed by atoms with Crippen LogP contribution in [0.1, 0.15) is 94.6 Å². The highest BCUT2D eigenvalue weighted by Crippen LogP contribution is 2.60. The second-order valence-electron chi connectivity index (χ2n) is 10.2. The molecule has 2 aliphatic rings. The lowest BCUT2D eigenvalue weighted by Crippen LogP contribution is -2.52. The molecule has 0 saturated heterocycles. The number of carbonyl (C=O) groups excluding carboxylic acids is 2. The molecule has 0 bridgehead atoms. The summed E-state index contributed by atoms with van der Waals surface area (Å²) in [6.45, 7) is 11.9. The summed E-state index contributed by atoms with van der Waals surface area (Å²) >= 11 is 0. The maximum atomic E-state index is 13.2. The van der Waals surface area contributed by atoms with E-state index in [2.05, 4.69) is 13.8 Å². The predicted molar refractivity (Wildman–Crippen MR) is 116 cm³/mol. The smallest absolute Gasteiger partial charge is 0.330 e. The summed E-state index contributed by atoms with van der Waals surface area (Å²) in [4.78, 5) is 25.3. The van der Waals surface area contributed by atoms with Crippen LogP contribution < -0.4 is 0 Å². The first-order valence-corrected chi connectivity index (χ1v) is 10.8. The highest BCUT2D eigenvalue weighted by molar-refractivity contribution is 6.01. The number of allylic oxidation sites excluding steroid dienone is 1. The Kier molecular flexibility index (Phi) is 5.78. The third-order valence-corrected chi connectivity index (χ3v) is 7.19. The molecule has 1 fully saturated rings. The molecule has 3 atom stereocenters. The lowest BCUT2D eigenvalue weighted by molar-refractivity contribution is -0.144. The monoisotopic (exact) mass is 414 g/mol. The number of Topliss-reactive ketones (excluding diaryl/α,β-unsaturated/α-hetero) is 1. The van der Waals surface area contributed by atoms with Gasteiger partial charge in [0.15, 0.2) is 17.3 Å². The highest BCUT2D eigenvalue weighted by Gasteiger charge is 2.55. The van der Waals surface area contributed by atoms with Gasteiger partial charge in [-0.15, -0.1) is 0 Å². The van der Waals surface area contributed by atoms with E-state index in [1.807, 2.05) is 27.7 Å². The second kappa shape index (κ2) is 7.75. The second-order valence-corrected chi connectivity index (χ2v) is 10.2. The topological polar surface area (TPSA) is 83.8 Å². The standard InChI is InChI=1S/C25H34O5/c1-14(2)10-20(27)30-13-24(5)8-7-9-25(6)19(24)12-18(26)17-11-16(15(3)4)22(28)23(29)21(17)25/h10-11,15,19,28-29H,7-9,12-13H2,1-6H3/t19-,24+,25-/m0/s1. The van der Waals surface area contributed by atoms with Crippen molar-refractivity contribution in [2.45, 2.75) is 78.6 Å². The van der Waals surface area contributed by atoms with Gasteiger partial charge in [0.1, 0.15) is 0 Å². The van der Waals surface area contributed by atoms with Crippen LogP contribution in [0.2, 0.25) is 0 Å². The normalized spacial score (nSPS) is 28.0. The predicted octanol–water partition coefficient (Wildman–Crippen LogP) is 5.38. The summed E-state index contributed by atoms with van der Waals surface area (Å²) in [5.41, 5.74) is 1.70. The van der Waals surface area contributed by atoms with Gasteiger partial charge in [0.25, 0.3) is 0 Å². The molecule has 5 nitrogen and oxygen atoms in total. The van der Waals surface area contributed by atoms with Gasteiger partial charge < -0.3 is 14.9 Å². The van der Waals surface area contributed by atoms with Crippen molar-refractivity contribution >= 4 is 11.8 Å². The minimum absolute atomic E-state index is 0.00867. The number of aromatic hydroxyl groups is 2. The van der Waals surface area contributed by atoms with Crippen molar-refractivity contribution in [1.29, 1.82) is 0 Å². The first kappa shape index (κ1) is 22.4. The number of esters is 1. The lowest BCUT2D eigenvalue weighted by atomic mass is 9.49. The van der Waals surface area contributed by atoms with Gasteiger partial charge in [0.05, 0.1) is 6.61 Å². The Morgan fingerprint density at radius 1 is 1.23 bits per heavy atom. The Morgan fingerprint density at radius 2 is 1.90 bits per heavy atom. The SMILES string of the molecule is CC(C)=CC(=O)OC[C@@]1(C)CCC[C@]2(C)c3c(cc(C(C)C)c(O)c3O)C(=O)C[C@@H]12. The van der Waals surface area contributed by atoms with Crippen molar-refractivity contribution in [3.8, 4) is 11.5 Å². The zero-order chi connectivity index (χ0) is 22.4. The van der Waals surface area contributed by atoms with Gasteiger partial charge in [-0.3, -0.25) is 4.79 Å². The van der Waals surface area contributed by atoms with E-state index >= 15 is 0 Å². The Hall–Kier alpha value is -2.30. The van der Waals surface area contributed by atoms with Crippen LogP contribution in [0.5, 0.6) is 11.5 Å². The molecule has 1 aromatic carbocycles. The van der Waals surface area contributed by atoms with Crippen molar-refractivity contribution in [1.82, 2.24) is 0 Å². The summed E-state index contributed by atoms with van der Waals surface area (Å²) in [5.74, 6) is -0.774. The van der Waals surface area contributed by atoms with Crippen LogP contribution >= 0.6 is 0 Å². The van der Waals surface area contributed by atoms with Crippen molar-refractivity contribution < 1.29 is 24.5 Å². The van der Waals surface area contributed by atoms with Crippen LogP contribution in [0.3, 0.4) is 0 Å². The third kappa shape index (κ3) is 3.63. The third-order valence-electron chi connectivity index (χ3n) is 7.19. The van der Waals surface area contributed by atoms with E-state index in [1.54, 1.807) is 6.07 Å². The minimum atomic E-state index is -0.476. The molecular weight excluding hydrogens is 380 g/mol. The lowest BCUT2D eigenvalue weighted by Gasteiger charge is -2.54. The summed E-state index contributed by atoms with van der Waals surface area (Å²) in [6, 6.07) is 1.76. The Bertz CT molecular complexity index is 909. The van der Waals surface area contributed by atoms with E-state index in [9.17, 15) is 19.8 Å². The molecule has 30 heavy (non-hydrogen) atoms. The molecule has 1 aromatic rings. The number of carbonyl (C=O) groups is 2. The fourth-order valence-electron chi connectivity index (χ4n) is 5.65. The molecule has 3 rings (SSSR count). The molecule has 2 N–H and O–H groups in total. The van der Waals surface area contributed by atoms with Crippen LogP contribution in [0, 0.1) is 11.3 Å². The molecule has 0 unspecified atom stereocenters. The molecule has 5 heteroatoms. The Balaban J connectivity index is 2.04. The van der Waals surface area contributed by atoms with E-state index < -0.39 is 5.41 Å². The number of benzene rings is 1. The minimum Gasteiger partial charge on any atom is -0.504 e. The number of ether oxygens (including phenoxy) is 1. The van der Waals surface area contributed by atoms with Crippen LogP contribution in [0.15, 0.2) is 17.7 Å². The van der Waals surface area contributed by atoms with E-state index in [0.717, 1.165) is 24.8 Å². The Labute approximate surface area is 179 Å². The number of phenolic OH excluding ortho intramolecular Hbond substituents is 2. The van der Waals surface area contributed by atoms with Gasteiger partial charge in [0.2, 0.25) is 0 Å². The zero-order valence-electron chi connectivity index (χ0n) is 19.0. The van der Waals surface area contributed by atoms with Gasteiger partial charge in [-0.05, 0) is 44.6 Å². The van der Waals surface area contributed by atoms with Crippen molar-refractivity contribution in [2.24, 2.45) is 11.3 Å². The van der Waals surface area contributed by atoms with E-state index in [-0.39, 0.29) is 47.1 Å². The summed E-state index contributed by atoms with van der Waals surface area (Å²) < 4.78 is 5.58. The number of phenols is 2. The number of ketones is 1. The molecule has 0 spiro atoms. The van der Waals surface area contributed by atoms with Gasteiger partial charge in [-0.2, -0.15) is 0 Å². The van der Waals surface area contributed by atoms with Crippen LogP contribution in [0.4, 0.5) is 0 Å². The average Bonchev–Trinajstić information content (AvgIpc) is 2.63. The number of hydrogen-bond donors (Lipinski definition) is 2. The van der Waals surface area contributed by atoms with Gasteiger partial charge in [-0.25, -0.2) is 4.79 Å². The first-order chi connectivity index (χ1) is 13.9. The van der Waals surface area contributed by atoms with Crippen molar-refractivity contribution in [2.75, 3.05) is 6.61 Å². The van der Waals surface area contributed by atoms with E-state index in [1.165, 1.54) is 6.08 Å². The van der Waals surface area contributed by atoms with Gasteiger partial charge in [0, 0.05) is 40.0 Å². The summed E-state index contributed by atoms with van der Waals surface area (Å²) in [7, 11) is 0. The van der Waals surface area contributed by atoms with Gasteiger partial charge in [-0.1, -0.05) is 39.7 Å². The molecule has 0 aromatic heterocycles. The van der Waals surface area contributed by atoms with Crippen LogP contribution in [-0.4, -0.2) is 28.6 Å². The summed E-state index contributed by atoms with van der Waals surface area (Å²) in [5, 5.41) is 21.7. The fraction of sp³-hybridized carbons (Fsp3) is 0.600.